The Hall–Kier alpha value is -0.840. The van der Waals surface area contributed by atoms with Crippen LogP contribution in [0.15, 0.2) is 10.3 Å². The van der Waals surface area contributed by atoms with E-state index < -0.39 is 0 Å². The van der Waals surface area contributed by atoms with Crippen molar-refractivity contribution in [1.29, 1.82) is 0 Å². The van der Waals surface area contributed by atoms with Gasteiger partial charge in [0.15, 0.2) is 5.82 Å². The number of aryl methyl sites for hydroxylation is 1. The van der Waals surface area contributed by atoms with Crippen LogP contribution in [-0.2, 0) is 6.42 Å². The lowest BCUT2D eigenvalue weighted by atomic mass is 9.86. The molecule has 1 aliphatic heterocycles. The Kier molecular flexibility index (Phi) is 4.01. The highest BCUT2D eigenvalue weighted by Crippen LogP contribution is 2.35. The van der Waals surface area contributed by atoms with Crippen molar-refractivity contribution in [2.75, 3.05) is 0 Å². The third kappa shape index (κ3) is 2.89. The quantitative estimate of drug-likeness (QED) is 0.846. The van der Waals surface area contributed by atoms with Gasteiger partial charge in [-0.05, 0) is 31.6 Å². The Morgan fingerprint density at radius 2 is 1.86 bits per heavy atom. The van der Waals surface area contributed by atoms with Crippen LogP contribution in [0.3, 0.4) is 0 Å². The summed E-state index contributed by atoms with van der Waals surface area (Å²) in [6.07, 6.45) is 14.4. The Morgan fingerprint density at radius 3 is 2.76 bits per heavy atom. The molecule has 21 heavy (non-hydrogen) atoms. The van der Waals surface area contributed by atoms with Gasteiger partial charge < -0.3 is 0 Å². The minimum Gasteiger partial charge on any atom is -0.191 e. The second-order valence-electron chi connectivity index (χ2n) is 6.70. The molecule has 4 rings (SSSR count). The fourth-order valence-electron chi connectivity index (χ4n) is 3.90. The first-order valence-corrected chi connectivity index (χ1v) is 9.47. The zero-order valence-corrected chi connectivity index (χ0v) is 13.4. The first-order valence-electron chi connectivity index (χ1n) is 8.59. The van der Waals surface area contributed by atoms with E-state index in [1.165, 1.54) is 63.5 Å². The second kappa shape index (κ2) is 6.11. The summed E-state index contributed by atoms with van der Waals surface area (Å²) >= 11 is 1.88. The Balaban J connectivity index is 1.46. The highest BCUT2D eigenvalue weighted by Gasteiger charge is 2.29. The minimum atomic E-state index is 0.571. The summed E-state index contributed by atoms with van der Waals surface area (Å²) in [6.45, 7) is 0. The van der Waals surface area contributed by atoms with Crippen molar-refractivity contribution in [3.8, 4) is 0 Å². The van der Waals surface area contributed by atoms with Crippen LogP contribution in [0.4, 0.5) is 0 Å². The van der Waals surface area contributed by atoms with Gasteiger partial charge in [-0.2, -0.15) is 9.78 Å². The Labute approximate surface area is 130 Å². The summed E-state index contributed by atoms with van der Waals surface area (Å²) in [4.78, 5) is 0. The molecule has 2 aliphatic carbocycles. The Morgan fingerprint density at radius 1 is 1.00 bits per heavy atom. The normalized spacial score (nSPS) is 26.1. The van der Waals surface area contributed by atoms with Gasteiger partial charge in [-0.25, -0.2) is 0 Å². The molecule has 0 amide bonds. The molecule has 4 nitrogen and oxygen atoms in total. The van der Waals surface area contributed by atoms with Crippen LogP contribution in [-0.4, -0.2) is 25.8 Å². The predicted octanol–water partition coefficient (Wildman–Crippen LogP) is 4.04. The SMILES string of the molecule is C1CCC(CCc2nnc3n2N=C2CCCC[C@H]2S3)CC1. The highest BCUT2D eigenvalue weighted by atomic mass is 32.2. The summed E-state index contributed by atoms with van der Waals surface area (Å²) < 4.78 is 2.05. The first kappa shape index (κ1) is 13.8. The van der Waals surface area contributed by atoms with Gasteiger partial charge in [0.05, 0.1) is 11.0 Å². The zero-order chi connectivity index (χ0) is 14.1. The summed E-state index contributed by atoms with van der Waals surface area (Å²) in [5.41, 5.74) is 1.37. The lowest BCUT2D eigenvalue weighted by Gasteiger charge is -2.26. The molecular formula is C16H24N4S. The van der Waals surface area contributed by atoms with E-state index in [0.717, 1.165) is 29.7 Å². The molecule has 2 fully saturated rings. The van der Waals surface area contributed by atoms with Crippen molar-refractivity contribution in [3.63, 3.8) is 0 Å². The maximum atomic E-state index is 4.88. The molecule has 1 atom stereocenters. The van der Waals surface area contributed by atoms with E-state index >= 15 is 0 Å². The fourth-order valence-corrected chi connectivity index (χ4v) is 5.07. The van der Waals surface area contributed by atoms with Crippen LogP contribution >= 0.6 is 11.8 Å². The molecule has 114 valence electrons. The lowest BCUT2D eigenvalue weighted by Crippen LogP contribution is -2.27. The van der Waals surface area contributed by atoms with Crippen LogP contribution in [0.5, 0.6) is 0 Å². The van der Waals surface area contributed by atoms with Crippen molar-refractivity contribution in [1.82, 2.24) is 14.9 Å². The zero-order valence-electron chi connectivity index (χ0n) is 12.6. The minimum absolute atomic E-state index is 0.571. The number of fused-ring (bicyclic) bond motifs is 2. The van der Waals surface area contributed by atoms with Crippen molar-refractivity contribution in [2.45, 2.75) is 81.0 Å². The van der Waals surface area contributed by atoms with Crippen LogP contribution in [0, 0.1) is 5.92 Å². The molecule has 0 bridgehead atoms. The second-order valence-corrected chi connectivity index (χ2v) is 7.87. The van der Waals surface area contributed by atoms with Gasteiger partial charge in [0, 0.05) is 6.42 Å². The van der Waals surface area contributed by atoms with Crippen LogP contribution < -0.4 is 0 Å². The van der Waals surface area contributed by atoms with Gasteiger partial charge in [-0.3, -0.25) is 0 Å². The average molecular weight is 304 g/mol. The first-order chi connectivity index (χ1) is 10.4. The number of hydrogen-bond donors (Lipinski definition) is 0. The summed E-state index contributed by atoms with van der Waals surface area (Å²) in [6, 6.07) is 0. The predicted molar refractivity (Wildman–Crippen MR) is 85.9 cm³/mol. The van der Waals surface area contributed by atoms with Crippen molar-refractivity contribution in [2.24, 2.45) is 11.0 Å². The third-order valence-electron chi connectivity index (χ3n) is 5.17. The van der Waals surface area contributed by atoms with E-state index in [1.807, 2.05) is 16.4 Å². The number of aromatic nitrogens is 3. The van der Waals surface area contributed by atoms with E-state index in [1.54, 1.807) is 0 Å². The van der Waals surface area contributed by atoms with Crippen LogP contribution in [0.1, 0.15) is 70.0 Å². The van der Waals surface area contributed by atoms with Gasteiger partial charge >= 0.3 is 0 Å². The third-order valence-corrected chi connectivity index (χ3v) is 6.43. The standard InChI is InChI=1S/C16H24N4S/c1-2-6-12(7-3-1)10-11-15-17-18-16-20(15)19-13-8-4-5-9-14(13)21-16/h12,14H,1-11H2/t14-/m1/s1. The monoisotopic (exact) mass is 304 g/mol. The van der Waals surface area contributed by atoms with Gasteiger partial charge in [0.1, 0.15) is 0 Å². The molecule has 0 radical (unpaired) electrons. The maximum Gasteiger partial charge on any atom is 0.212 e. The molecule has 1 aromatic rings. The topological polar surface area (TPSA) is 43.1 Å². The number of thioether (sulfide) groups is 1. The molecule has 3 aliphatic rings. The fraction of sp³-hybridized carbons (Fsp3) is 0.812. The molecule has 0 saturated heterocycles. The van der Waals surface area contributed by atoms with E-state index in [2.05, 4.69) is 10.2 Å². The van der Waals surface area contributed by atoms with Crippen LogP contribution in [0.25, 0.3) is 0 Å². The number of rotatable bonds is 3. The van der Waals surface area contributed by atoms with Gasteiger partial charge in [-0.15, -0.1) is 10.2 Å². The molecule has 0 N–H and O–H groups in total. The van der Waals surface area contributed by atoms with Crippen molar-refractivity contribution in [3.05, 3.63) is 5.82 Å². The molecule has 5 heteroatoms. The van der Waals surface area contributed by atoms with Gasteiger partial charge in [0.25, 0.3) is 0 Å². The molecule has 0 spiro atoms. The molecule has 0 unspecified atom stereocenters. The molecule has 2 heterocycles. The molecular weight excluding hydrogens is 280 g/mol. The number of hydrogen-bond acceptors (Lipinski definition) is 4. The van der Waals surface area contributed by atoms with Crippen molar-refractivity contribution >= 4 is 17.5 Å². The maximum absolute atomic E-state index is 4.88. The largest absolute Gasteiger partial charge is 0.212 e. The Bertz CT molecular complexity index is 530. The smallest absolute Gasteiger partial charge is 0.191 e. The number of nitrogens with zero attached hydrogens (tertiary/aromatic N) is 4. The van der Waals surface area contributed by atoms with E-state index in [-0.39, 0.29) is 0 Å². The molecule has 1 aromatic heterocycles. The molecule has 0 aromatic carbocycles. The van der Waals surface area contributed by atoms with Gasteiger partial charge in [0.2, 0.25) is 5.16 Å². The average Bonchev–Trinajstić information content (AvgIpc) is 2.94. The van der Waals surface area contributed by atoms with E-state index in [0.29, 0.717) is 5.25 Å². The van der Waals surface area contributed by atoms with E-state index in [9.17, 15) is 0 Å². The summed E-state index contributed by atoms with van der Waals surface area (Å²) in [5, 5.41) is 15.3. The highest BCUT2D eigenvalue weighted by molar-refractivity contribution is 8.00. The van der Waals surface area contributed by atoms with E-state index in [4.69, 9.17) is 5.10 Å². The summed E-state index contributed by atoms with van der Waals surface area (Å²) in [7, 11) is 0. The van der Waals surface area contributed by atoms with Crippen molar-refractivity contribution < 1.29 is 0 Å². The molecule has 2 saturated carbocycles. The van der Waals surface area contributed by atoms with Crippen LogP contribution in [0.2, 0.25) is 0 Å². The summed E-state index contributed by atoms with van der Waals surface area (Å²) in [5.74, 6) is 1.98. The van der Waals surface area contributed by atoms with Gasteiger partial charge in [-0.1, -0.05) is 50.3 Å². The lowest BCUT2D eigenvalue weighted by molar-refractivity contribution is 0.336.